The number of hydrogen-bond donors (Lipinski definition) is 1. The standard InChI is InChI=1S/C16H13F2NO2S/c1-9(16(20)21)14(11(7-19)10-5-6-22-8-10)15-12(17)3-2-4-13(15)18/h2-6,8-9,11,14H,1H3,(H,20,21). The highest BCUT2D eigenvalue weighted by molar-refractivity contribution is 7.08. The lowest BCUT2D eigenvalue weighted by Crippen LogP contribution is -2.25. The molecule has 1 heterocycles. The van der Waals surface area contributed by atoms with Crippen molar-refractivity contribution in [1.82, 2.24) is 0 Å². The van der Waals surface area contributed by atoms with Crippen molar-refractivity contribution in [3.05, 3.63) is 57.8 Å². The number of nitriles is 1. The molecule has 1 aromatic carbocycles. The summed E-state index contributed by atoms with van der Waals surface area (Å²) in [5, 5.41) is 22.2. The minimum atomic E-state index is -1.21. The summed E-state index contributed by atoms with van der Waals surface area (Å²) in [6, 6.07) is 7.02. The van der Waals surface area contributed by atoms with E-state index in [1.165, 1.54) is 24.3 Å². The van der Waals surface area contributed by atoms with Gasteiger partial charge in [0.1, 0.15) is 11.6 Å². The number of halogens is 2. The Balaban J connectivity index is 2.62. The van der Waals surface area contributed by atoms with Gasteiger partial charge in [-0.2, -0.15) is 16.6 Å². The first kappa shape index (κ1) is 16.1. The summed E-state index contributed by atoms with van der Waals surface area (Å²) < 4.78 is 28.2. The van der Waals surface area contributed by atoms with Gasteiger partial charge < -0.3 is 5.11 Å². The highest BCUT2D eigenvalue weighted by atomic mass is 32.1. The average molecular weight is 321 g/mol. The van der Waals surface area contributed by atoms with Gasteiger partial charge in [-0.1, -0.05) is 13.0 Å². The third-order valence-corrected chi connectivity index (χ3v) is 4.36. The molecule has 0 aliphatic heterocycles. The maximum absolute atomic E-state index is 14.1. The van der Waals surface area contributed by atoms with Gasteiger partial charge in [0, 0.05) is 11.5 Å². The van der Waals surface area contributed by atoms with Gasteiger partial charge in [-0.15, -0.1) is 0 Å². The van der Waals surface area contributed by atoms with E-state index in [0.717, 1.165) is 12.1 Å². The van der Waals surface area contributed by atoms with Crippen LogP contribution in [-0.2, 0) is 4.79 Å². The molecule has 114 valence electrons. The molecular formula is C16H13F2NO2S. The van der Waals surface area contributed by atoms with Gasteiger partial charge in [0.05, 0.1) is 17.9 Å². The van der Waals surface area contributed by atoms with E-state index in [0.29, 0.717) is 5.56 Å². The number of aliphatic carboxylic acids is 1. The lowest BCUT2D eigenvalue weighted by atomic mass is 9.75. The van der Waals surface area contributed by atoms with Crippen LogP contribution in [0.15, 0.2) is 35.0 Å². The third kappa shape index (κ3) is 3.00. The highest BCUT2D eigenvalue weighted by Crippen LogP contribution is 2.41. The maximum atomic E-state index is 14.1. The largest absolute Gasteiger partial charge is 0.481 e. The number of carboxylic acid groups (broad SMARTS) is 1. The van der Waals surface area contributed by atoms with Gasteiger partial charge in [0.15, 0.2) is 0 Å². The fraction of sp³-hybridized carbons (Fsp3) is 0.250. The van der Waals surface area contributed by atoms with Crippen LogP contribution in [0.3, 0.4) is 0 Å². The number of benzene rings is 1. The lowest BCUT2D eigenvalue weighted by molar-refractivity contribution is -0.142. The van der Waals surface area contributed by atoms with Gasteiger partial charge in [0.25, 0.3) is 0 Å². The Morgan fingerprint density at radius 2 is 1.95 bits per heavy atom. The summed E-state index contributed by atoms with van der Waals surface area (Å²) in [5.41, 5.74) is 0.211. The van der Waals surface area contributed by atoms with E-state index in [2.05, 4.69) is 0 Å². The molecule has 0 amide bonds. The van der Waals surface area contributed by atoms with Crippen molar-refractivity contribution >= 4 is 17.3 Å². The van der Waals surface area contributed by atoms with E-state index in [1.54, 1.807) is 16.8 Å². The molecule has 0 saturated carbocycles. The van der Waals surface area contributed by atoms with Crippen LogP contribution < -0.4 is 0 Å². The lowest BCUT2D eigenvalue weighted by Gasteiger charge is -2.26. The smallest absolute Gasteiger partial charge is 0.306 e. The minimum Gasteiger partial charge on any atom is -0.481 e. The van der Waals surface area contributed by atoms with Crippen LogP contribution >= 0.6 is 11.3 Å². The predicted molar refractivity (Wildman–Crippen MR) is 78.6 cm³/mol. The first-order valence-corrected chi connectivity index (χ1v) is 7.50. The van der Waals surface area contributed by atoms with Crippen molar-refractivity contribution in [2.75, 3.05) is 0 Å². The molecule has 0 fully saturated rings. The summed E-state index contributed by atoms with van der Waals surface area (Å²) in [7, 11) is 0. The molecule has 3 unspecified atom stereocenters. The molecule has 2 rings (SSSR count). The summed E-state index contributed by atoms with van der Waals surface area (Å²) in [5.74, 6) is -6.05. The third-order valence-electron chi connectivity index (χ3n) is 3.66. The van der Waals surface area contributed by atoms with Crippen molar-refractivity contribution < 1.29 is 18.7 Å². The first-order valence-electron chi connectivity index (χ1n) is 6.55. The second-order valence-electron chi connectivity index (χ2n) is 4.95. The minimum absolute atomic E-state index is 0.352. The van der Waals surface area contributed by atoms with Gasteiger partial charge >= 0.3 is 5.97 Å². The quantitative estimate of drug-likeness (QED) is 0.900. The van der Waals surface area contributed by atoms with E-state index in [9.17, 15) is 23.9 Å². The van der Waals surface area contributed by atoms with Crippen molar-refractivity contribution in [2.24, 2.45) is 5.92 Å². The molecule has 0 aliphatic rings. The molecule has 0 bridgehead atoms. The Hall–Kier alpha value is -2.26. The maximum Gasteiger partial charge on any atom is 0.306 e. The number of rotatable bonds is 5. The van der Waals surface area contributed by atoms with Gasteiger partial charge in [-0.05, 0) is 34.5 Å². The van der Waals surface area contributed by atoms with Crippen LogP contribution in [0.5, 0.6) is 0 Å². The van der Waals surface area contributed by atoms with Crippen LogP contribution in [0.25, 0.3) is 0 Å². The first-order chi connectivity index (χ1) is 10.5. The van der Waals surface area contributed by atoms with E-state index >= 15 is 0 Å². The van der Waals surface area contributed by atoms with Crippen molar-refractivity contribution in [3.8, 4) is 6.07 Å². The van der Waals surface area contributed by atoms with Gasteiger partial charge in [-0.3, -0.25) is 4.79 Å². The summed E-state index contributed by atoms with van der Waals surface area (Å²) in [6.07, 6.45) is 0. The van der Waals surface area contributed by atoms with E-state index in [-0.39, 0.29) is 5.56 Å². The molecule has 3 atom stereocenters. The summed E-state index contributed by atoms with van der Waals surface area (Å²) >= 11 is 1.34. The SMILES string of the molecule is CC(C(=O)O)C(c1c(F)cccc1F)C(C#N)c1ccsc1. The van der Waals surface area contributed by atoms with Crippen LogP contribution in [0.4, 0.5) is 8.78 Å². The zero-order valence-electron chi connectivity index (χ0n) is 11.7. The molecule has 3 nitrogen and oxygen atoms in total. The van der Waals surface area contributed by atoms with Gasteiger partial charge in [-0.25, -0.2) is 8.78 Å². The molecule has 6 heteroatoms. The zero-order valence-corrected chi connectivity index (χ0v) is 12.5. The Bertz CT molecular complexity index is 689. The Morgan fingerprint density at radius 3 is 2.41 bits per heavy atom. The number of nitrogens with zero attached hydrogens (tertiary/aromatic N) is 1. The Labute approximate surface area is 130 Å². The predicted octanol–water partition coefficient (Wildman–Crippen LogP) is 4.14. The molecule has 0 saturated heterocycles. The topological polar surface area (TPSA) is 61.1 Å². The molecule has 0 spiro atoms. The number of hydrogen-bond acceptors (Lipinski definition) is 3. The molecule has 1 aromatic heterocycles. The molecule has 0 radical (unpaired) electrons. The Kier molecular flexibility index (Phi) is 4.88. The van der Waals surface area contributed by atoms with E-state index in [1.807, 2.05) is 6.07 Å². The molecule has 1 N–H and O–H groups in total. The number of carbonyl (C=O) groups is 1. The molecule has 0 aliphatic carbocycles. The molecular weight excluding hydrogens is 308 g/mol. The zero-order chi connectivity index (χ0) is 16.3. The van der Waals surface area contributed by atoms with E-state index in [4.69, 9.17) is 0 Å². The normalized spacial score (nSPS) is 14.8. The van der Waals surface area contributed by atoms with Crippen LogP contribution in [0.1, 0.15) is 29.9 Å². The monoisotopic (exact) mass is 321 g/mol. The van der Waals surface area contributed by atoms with Gasteiger partial charge in [0.2, 0.25) is 0 Å². The number of carboxylic acids is 1. The fourth-order valence-corrected chi connectivity index (χ4v) is 3.20. The van der Waals surface area contributed by atoms with Crippen LogP contribution in [0.2, 0.25) is 0 Å². The van der Waals surface area contributed by atoms with Crippen molar-refractivity contribution in [1.29, 1.82) is 5.26 Å². The fourth-order valence-electron chi connectivity index (χ4n) is 2.50. The van der Waals surface area contributed by atoms with Crippen LogP contribution in [-0.4, -0.2) is 11.1 Å². The molecule has 2 aromatic rings. The summed E-state index contributed by atoms with van der Waals surface area (Å²) in [4.78, 5) is 11.4. The van der Waals surface area contributed by atoms with E-state index < -0.39 is 35.4 Å². The summed E-state index contributed by atoms with van der Waals surface area (Å²) in [6.45, 7) is 1.36. The second-order valence-corrected chi connectivity index (χ2v) is 5.73. The van der Waals surface area contributed by atoms with Crippen LogP contribution in [0, 0.1) is 28.9 Å². The highest BCUT2D eigenvalue weighted by Gasteiger charge is 2.37. The Morgan fingerprint density at radius 1 is 1.32 bits per heavy atom. The van der Waals surface area contributed by atoms with Crippen molar-refractivity contribution in [3.63, 3.8) is 0 Å². The number of thiophene rings is 1. The molecule has 22 heavy (non-hydrogen) atoms. The second kappa shape index (κ2) is 6.67. The van der Waals surface area contributed by atoms with Crippen molar-refractivity contribution in [2.45, 2.75) is 18.8 Å². The average Bonchev–Trinajstić information content (AvgIpc) is 2.99.